The van der Waals surface area contributed by atoms with Crippen LogP contribution in [0, 0.1) is 17.0 Å². The lowest BCUT2D eigenvalue weighted by atomic mass is 10.0. The molecule has 30 heavy (non-hydrogen) atoms. The molecule has 1 N–H and O–H groups in total. The first-order valence-electron chi connectivity index (χ1n) is 10.1. The van der Waals surface area contributed by atoms with E-state index in [-0.39, 0.29) is 28.9 Å². The lowest BCUT2D eigenvalue weighted by Crippen LogP contribution is -2.43. The van der Waals surface area contributed by atoms with E-state index in [1.54, 1.807) is 13.0 Å². The smallest absolute Gasteiger partial charge is 0.311 e. The van der Waals surface area contributed by atoms with E-state index in [0.717, 1.165) is 24.2 Å². The van der Waals surface area contributed by atoms with Gasteiger partial charge in [0.1, 0.15) is 0 Å². The molecule has 0 radical (unpaired) electrons. The van der Waals surface area contributed by atoms with Gasteiger partial charge in [0.15, 0.2) is 5.75 Å². The topological polar surface area (TPSA) is 93.9 Å². The van der Waals surface area contributed by atoms with Gasteiger partial charge in [-0.25, -0.2) is 0 Å². The van der Waals surface area contributed by atoms with Crippen LogP contribution in [0.15, 0.2) is 42.5 Å². The van der Waals surface area contributed by atoms with Crippen LogP contribution in [0.1, 0.15) is 34.5 Å². The normalized spacial score (nSPS) is 15.4. The number of hydrogen-bond acceptors (Lipinski definition) is 6. The average molecular weight is 413 g/mol. The van der Waals surface area contributed by atoms with E-state index in [4.69, 9.17) is 9.47 Å². The number of benzene rings is 2. The highest BCUT2D eigenvalue weighted by atomic mass is 16.6. The molecule has 0 aliphatic carbocycles. The molecular weight excluding hydrogens is 386 g/mol. The van der Waals surface area contributed by atoms with Crippen molar-refractivity contribution in [3.05, 3.63) is 69.3 Å². The number of carbonyl (C=O) groups excluding carboxylic acids is 1. The van der Waals surface area contributed by atoms with Crippen molar-refractivity contribution in [1.29, 1.82) is 0 Å². The van der Waals surface area contributed by atoms with E-state index in [2.05, 4.69) is 10.2 Å². The fourth-order valence-corrected chi connectivity index (χ4v) is 3.40. The molecule has 1 atom stereocenters. The van der Waals surface area contributed by atoms with Gasteiger partial charge in [-0.1, -0.05) is 29.8 Å². The summed E-state index contributed by atoms with van der Waals surface area (Å²) in [7, 11) is 0. The summed E-state index contributed by atoms with van der Waals surface area (Å²) in [5.74, 6) is -0.206. The summed E-state index contributed by atoms with van der Waals surface area (Å²) in [5.41, 5.74) is 2.13. The molecule has 1 unspecified atom stereocenters. The van der Waals surface area contributed by atoms with Crippen LogP contribution in [0.25, 0.3) is 0 Å². The van der Waals surface area contributed by atoms with Crippen LogP contribution in [0.4, 0.5) is 5.69 Å². The number of amides is 1. The highest BCUT2D eigenvalue weighted by Gasteiger charge is 2.23. The van der Waals surface area contributed by atoms with Crippen LogP contribution in [0.2, 0.25) is 0 Å². The third kappa shape index (κ3) is 5.55. The number of carbonyl (C=O) groups is 1. The Morgan fingerprint density at radius 2 is 1.93 bits per heavy atom. The van der Waals surface area contributed by atoms with Gasteiger partial charge in [-0.15, -0.1) is 0 Å². The highest BCUT2D eigenvalue weighted by Crippen LogP contribution is 2.28. The molecule has 1 amide bonds. The molecule has 1 heterocycles. The van der Waals surface area contributed by atoms with E-state index in [0.29, 0.717) is 26.4 Å². The number of hydrogen-bond donors (Lipinski definition) is 1. The maximum Gasteiger partial charge on any atom is 0.311 e. The van der Waals surface area contributed by atoms with E-state index < -0.39 is 4.92 Å². The first kappa shape index (κ1) is 21.7. The van der Waals surface area contributed by atoms with Gasteiger partial charge in [-0.2, -0.15) is 0 Å². The molecule has 0 saturated carbocycles. The summed E-state index contributed by atoms with van der Waals surface area (Å²) in [6.07, 6.45) is 0. The summed E-state index contributed by atoms with van der Waals surface area (Å²) >= 11 is 0. The summed E-state index contributed by atoms with van der Waals surface area (Å²) in [4.78, 5) is 26.1. The quantitative estimate of drug-likeness (QED) is 0.528. The second-order valence-electron chi connectivity index (χ2n) is 7.22. The number of morpholine rings is 1. The predicted octanol–water partition coefficient (Wildman–Crippen LogP) is 3.11. The van der Waals surface area contributed by atoms with Crippen molar-refractivity contribution in [2.24, 2.45) is 0 Å². The van der Waals surface area contributed by atoms with Crippen molar-refractivity contribution in [3.63, 3.8) is 0 Å². The highest BCUT2D eigenvalue weighted by molar-refractivity contribution is 5.95. The van der Waals surface area contributed by atoms with Gasteiger partial charge in [0, 0.05) is 31.3 Å². The van der Waals surface area contributed by atoms with Crippen molar-refractivity contribution >= 4 is 11.6 Å². The molecule has 160 valence electrons. The van der Waals surface area contributed by atoms with Crippen molar-refractivity contribution in [2.45, 2.75) is 19.9 Å². The zero-order valence-electron chi connectivity index (χ0n) is 17.3. The second kappa shape index (κ2) is 10.2. The first-order valence-corrected chi connectivity index (χ1v) is 10.1. The van der Waals surface area contributed by atoms with Crippen LogP contribution < -0.4 is 10.1 Å². The number of ether oxygens (including phenoxy) is 2. The molecule has 1 fully saturated rings. The van der Waals surface area contributed by atoms with Crippen LogP contribution in [0.5, 0.6) is 5.75 Å². The number of nitro benzene ring substituents is 1. The Hall–Kier alpha value is -2.97. The zero-order valence-corrected chi connectivity index (χ0v) is 17.3. The third-order valence-corrected chi connectivity index (χ3v) is 5.05. The van der Waals surface area contributed by atoms with Crippen molar-refractivity contribution < 1.29 is 19.2 Å². The Morgan fingerprint density at radius 3 is 2.57 bits per heavy atom. The van der Waals surface area contributed by atoms with Crippen molar-refractivity contribution in [2.75, 3.05) is 39.5 Å². The van der Waals surface area contributed by atoms with Gasteiger partial charge in [-0.3, -0.25) is 19.8 Å². The van der Waals surface area contributed by atoms with Crippen molar-refractivity contribution in [1.82, 2.24) is 10.2 Å². The van der Waals surface area contributed by atoms with E-state index in [1.165, 1.54) is 12.1 Å². The molecule has 1 aliphatic rings. The molecule has 8 heteroatoms. The van der Waals surface area contributed by atoms with Crippen LogP contribution in [0.3, 0.4) is 0 Å². The fraction of sp³-hybridized carbons (Fsp3) is 0.409. The number of nitrogens with one attached hydrogen (secondary N) is 1. The predicted molar refractivity (Wildman–Crippen MR) is 113 cm³/mol. The maximum atomic E-state index is 13.0. The summed E-state index contributed by atoms with van der Waals surface area (Å²) < 4.78 is 10.7. The molecular formula is C22H27N3O5. The lowest BCUT2D eigenvalue weighted by Gasteiger charge is -2.31. The molecule has 1 aliphatic heterocycles. The molecule has 3 rings (SSSR count). The fourth-order valence-electron chi connectivity index (χ4n) is 3.40. The van der Waals surface area contributed by atoms with Gasteiger partial charge in [0.05, 0.1) is 30.8 Å². The summed E-state index contributed by atoms with van der Waals surface area (Å²) in [6, 6.07) is 12.1. The Balaban J connectivity index is 1.82. The molecule has 8 nitrogen and oxygen atoms in total. The number of nitrogens with zero attached hydrogens (tertiary/aromatic N) is 2. The molecule has 0 spiro atoms. The Morgan fingerprint density at radius 1 is 1.23 bits per heavy atom. The van der Waals surface area contributed by atoms with Gasteiger partial charge >= 0.3 is 5.69 Å². The third-order valence-electron chi connectivity index (χ3n) is 5.05. The molecule has 0 bridgehead atoms. The van der Waals surface area contributed by atoms with Gasteiger partial charge < -0.3 is 14.8 Å². The van der Waals surface area contributed by atoms with Crippen LogP contribution in [-0.4, -0.2) is 55.2 Å². The average Bonchev–Trinajstić information content (AvgIpc) is 2.75. The Kier molecular flexibility index (Phi) is 7.37. The minimum atomic E-state index is -0.535. The zero-order chi connectivity index (χ0) is 21.5. The summed E-state index contributed by atoms with van der Waals surface area (Å²) in [5, 5.41) is 14.4. The molecule has 0 aromatic heterocycles. The van der Waals surface area contributed by atoms with Gasteiger partial charge in [0.25, 0.3) is 5.91 Å². The van der Waals surface area contributed by atoms with Gasteiger partial charge in [0.2, 0.25) is 0 Å². The minimum absolute atomic E-state index is 0.155. The van der Waals surface area contributed by atoms with E-state index in [9.17, 15) is 14.9 Å². The Bertz CT molecular complexity index is 879. The lowest BCUT2D eigenvalue weighted by molar-refractivity contribution is -0.385. The molecule has 2 aromatic rings. The number of rotatable bonds is 8. The molecule has 1 saturated heterocycles. The largest absolute Gasteiger partial charge is 0.487 e. The minimum Gasteiger partial charge on any atom is -0.487 e. The SMILES string of the molecule is CCOc1ccc(C(=O)NC(CN2CCOCC2)c2ccc(C)cc2)cc1[N+](=O)[O-]. The van der Waals surface area contributed by atoms with Crippen LogP contribution >= 0.6 is 0 Å². The monoisotopic (exact) mass is 413 g/mol. The van der Waals surface area contributed by atoms with Crippen molar-refractivity contribution in [3.8, 4) is 5.75 Å². The Labute approximate surface area is 175 Å². The van der Waals surface area contributed by atoms with Gasteiger partial charge in [-0.05, 0) is 31.5 Å². The first-order chi connectivity index (χ1) is 14.5. The maximum absolute atomic E-state index is 13.0. The number of aryl methyl sites for hydroxylation is 1. The number of nitro groups is 1. The van der Waals surface area contributed by atoms with E-state index >= 15 is 0 Å². The molecule has 2 aromatic carbocycles. The second-order valence-corrected chi connectivity index (χ2v) is 7.22. The standard InChI is InChI=1S/C22H27N3O5/c1-3-30-21-9-8-18(14-20(21)25(27)28)22(26)23-19(15-24-10-12-29-13-11-24)17-6-4-16(2)5-7-17/h4-9,14,19H,3,10-13,15H2,1-2H3,(H,23,26). The summed E-state index contributed by atoms with van der Waals surface area (Å²) in [6.45, 7) is 7.64. The van der Waals surface area contributed by atoms with E-state index in [1.807, 2.05) is 31.2 Å². The van der Waals surface area contributed by atoms with Crippen LogP contribution in [-0.2, 0) is 4.74 Å².